The summed E-state index contributed by atoms with van der Waals surface area (Å²) in [7, 11) is -4.64. The summed E-state index contributed by atoms with van der Waals surface area (Å²) in [6.45, 7) is 0. The first-order chi connectivity index (χ1) is 3.41. The second-order valence-electron chi connectivity index (χ2n) is 0.614. The van der Waals surface area contributed by atoms with Gasteiger partial charge in [0.15, 0.2) is 0 Å². The van der Waals surface area contributed by atoms with E-state index in [-0.39, 0.29) is 24.3 Å². The SMILES string of the molecule is O.O=P(O)(O)O.[Cl][Ca][Cl].[LiH]. The van der Waals surface area contributed by atoms with Crippen molar-refractivity contribution in [1.82, 2.24) is 0 Å². The van der Waals surface area contributed by atoms with Gasteiger partial charge in [-0.2, -0.15) is 0 Å². The maximum atomic E-state index is 8.88. The molecule has 5 N–H and O–H groups in total. The van der Waals surface area contributed by atoms with Crippen LogP contribution in [0.15, 0.2) is 0 Å². The number of halogens is 2. The van der Waals surface area contributed by atoms with Gasteiger partial charge in [-0.3, -0.25) is 0 Å². The molecular formula is H6CaCl2LiO5P. The Morgan fingerprint density at radius 3 is 1.20 bits per heavy atom. The van der Waals surface area contributed by atoms with E-state index in [9.17, 15) is 0 Å². The van der Waals surface area contributed by atoms with E-state index >= 15 is 0 Å². The Kier molecular flexibility index (Phi) is 32.2. The van der Waals surface area contributed by atoms with Crippen LogP contribution in [0.1, 0.15) is 0 Å². The van der Waals surface area contributed by atoms with Gasteiger partial charge in [-0.05, 0) is 0 Å². The third kappa shape index (κ3) is 151. The molecule has 0 aromatic carbocycles. The average molecular weight is 235 g/mol. The van der Waals surface area contributed by atoms with Crippen molar-refractivity contribution in [2.24, 2.45) is 0 Å². The molecule has 0 fully saturated rings. The van der Waals surface area contributed by atoms with Gasteiger partial charge in [0.25, 0.3) is 0 Å². The van der Waals surface area contributed by atoms with Crippen molar-refractivity contribution in [3.8, 4) is 0 Å². The maximum absolute atomic E-state index is 8.88. The summed E-state index contributed by atoms with van der Waals surface area (Å²) in [6.07, 6.45) is 9.90. The van der Waals surface area contributed by atoms with Crippen molar-refractivity contribution >= 4 is 70.3 Å². The van der Waals surface area contributed by atoms with Crippen molar-refractivity contribution in [1.29, 1.82) is 0 Å². The molecule has 0 aliphatic rings. The van der Waals surface area contributed by atoms with Gasteiger partial charge in [0.05, 0.1) is 0 Å². The third-order valence-corrected chi connectivity index (χ3v) is 0. The summed E-state index contributed by atoms with van der Waals surface area (Å²) >= 11 is -0.931. The summed E-state index contributed by atoms with van der Waals surface area (Å²) < 4.78 is 8.88. The fourth-order valence-corrected chi connectivity index (χ4v) is 0. The van der Waals surface area contributed by atoms with Gasteiger partial charge in [0.1, 0.15) is 0 Å². The molecular weight excluding hydrogens is 229 g/mol. The van der Waals surface area contributed by atoms with Crippen molar-refractivity contribution < 1.29 is 24.7 Å². The molecule has 10 heavy (non-hydrogen) atoms. The second-order valence-corrected chi connectivity index (χ2v) is 5.29. The quantitative estimate of drug-likeness (QED) is 0.354. The predicted molar refractivity (Wildman–Crippen MR) is 42.5 cm³/mol. The van der Waals surface area contributed by atoms with Gasteiger partial charge in [-0.25, -0.2) is 4.57 Å². The normalized spacial score (nSPS) is 6.90. The van der Waals surface area contributed by atoms with Gasteiger partial charge in [0.2, 0.25) is 0 Å². The van der Waals surface area contributed by atoms with Crippen LogP contribution >= 0.6 is 20.6 Å². The average Bonchev–Trinajstić information content (AvgIpc) is 1.27. The first-order valence-corrected chi connectivity index (χ1v) is 8.96. The fourth-order valence-electron chi connectivity index (χ4n) is 0. The fraction of sp³-hybridized carbons (Fsp3) is 0. The molecule has 0 aliphatic carbocycles. The Labute approximate surface area is 93.6 Å². The molecule has 0 aromatic rings. The second kappa shape index (κ2) is 14.1. The molecule has 58 valence electrons. The van der Waals surface area contributed by atoms with Gasteiger partial charge in [0, 0.05) is 0 Å². The van der Waals surface area contributed by atoms with Gasteiger partial charge in [-0.15, -0.1) is 0 Å². The van der Waals surface area contributed by atoms with Gasteiger partial charge < -0.3 is 20.2 Å². The zero-order valence-electron chi connectivity index (χ0n) is 4.16. The Morgan fingerprint density at radius 1 is 1.20 bits per heavy atom. The van der Waals surface area contributed by atoms with Crippen molar-refractivity contribution in [2.45, 2.75) is 0 Å². The van der Waals surface area contributed by atoms with Crippen molar-refractivity contribution in [3.63, 3.8) is 0 Å². The Morgan fingerprint density at radius 2 is 1.20 bits per heavy atom. The van der Waals surface area contributed by atoms with Crippen LogP contribution in [-0.4, -0.2) is 69.9 Å². The van der Waals surface area contributed by atoms with E-state index < -0.39 is 38.7 Å². The van der Waals surface area contributed by atoms with Crippen LogP contribution in [0, 0.1) is 0 Å². The van der Waals surface area contributed by atoms with Crippen LogP contribution in [0.5, 0.6) is 0 Å². The van der Waals surface area contributed by atoms with E-state index in [1.807, 2.05) is 0 Å². The van der Waals surface area contributed by atoms with Crippen LogP contribution in [0.4, 0.5) is 0 Å². The summed E-state index contributed by atoms with van der Waals surface area (Å²) in [4.78, 5) is 21.6. The summed E-state index contributed by atoms with van der Waals surface area (Å²) in [5.74, 6) is 0. The molecule has 0 saturated heterocycles. The molecule has 0 spiro atoms. The number of hydrogen-bond donors (Lipinski definition) is 3. The van der Waals surface area contributed by atoms with Crippen LogP contribution in [0.25, 0.3) is 0 Å². The predicted octanol–water partition coefficient (Wildman–Crippen LogP) is -1.40. The van der Waals surface area contributed by atoms with E-state index in [0.717, 1.165) is 0 Å². The van der Waals surface area contributed by atoms with Crippen LogP contribution < -0.4 is 0 Å². The molecule has 0 saturated carbocycles. The number of hydrogen-bond acceptors (Lipinski definition) is 1. The minimum atomic E-state index is -4.64. The topological polar surface area (TPSA) is 109 Å². The Hall–Kier alpha value is 2.51. The molecule has 0 aliphatic heterocycles. The monoisotopic (exact) mass is 234 g/mol. The molecule has 0 amide bonds. The molecule has 0 aromatic heterocycles. The first kappa shape index (κ1) is 22.9. The Balaban J connectivity index is -0.0000000326. The molecule has 0 radical (unpaired) electrons. The van der Waals surface area contributed by atoms with Crippen LogP contribution in [0.3, 0.4) is 0 Å². The van der Waals surface area contributed by atoms with Gasteiger partial charge >= 0.3 is 70.3 Å². The molecule has 5 nitrogen and oxygen atoms in total. The van der Waals surface area contributed by atoms with Crippen LogP contribution in [-0.2, 0) is 4.57 Å². The molecule has 0 heterocycles. The molecule has 10 heteroatoms. The number of phosphoric acid groups is 1. The van der Waals surface area contributed by atoms with E-state index in [1.165, 1.54) is 0 Å². The summed E-state index contributed by atoms with van der Waals surface area (Å²) in [5.41, 5.74) is 0. The van der Waals surface area contributed by atoms with E-state index in [0.29, 0.717) is 0 Å². The van der Waals surface area contributed by atoms with Crippen molar-refractivity contribution in [2.75, 3.05) is 0 Å². The molecule has 0 rings (SSSR count). The number of rotatable bonds is 0. The minimum absolute atomic E-state index is 0. The van der Waals surface area contributed by atoms with Crippen molar-refractivity contribution in [3.05, 3.63) is 0 Å². The van der Waals surface area contributed by atoms with Gasteiger partial charge in [-0.1, -0.05) is 0 Å². The van der Waals surface area contributed by atoms with E-state index in [1.54, 1.807) is 0 Å². The first-order valence-electron chi connectivity index (χ1n) is 1.32. The molecule has 0 atom stereocenters. The molecule has 0 bridgehead atoms. The van der Waals surface area contributed by atoms with E-state index in [4.69, 9.17) is 32.0 Å². The summed E-state index contributed by atoms with van der Waals surface area (Å²) in [6, 6.07) is 0. The standard InChI is InChI=1S/Ca.2ClH.Li.H3O4P.H2O.H/c;;;;1-5(2,3)4;;/h;2*1H;;(H3,1,2,3,4);1H2;/q+2;;;;;;/p-2. The zero-order chi connectivity index (χ0) is 7.21. The van der Waals surface area contributed by atoms with Crippen LogP contribution in [0.2, 0.25) is 0 Å². The summed E-state index contributed by atoms with van der Waals surface area (Å²) in [5, 5.41) is 0. The Bertz CT molecular complexity index is 75.5. The third-order valence-electron chi connectivity index (χ3n) is 0. The molecule has 0 unspecified atom stereocenters. The van der Waals surface area contributed by atoms with E-state index in [2.05, 4.69) is 0 Å². The zero-order valence-corrected chi connectivity index (χ0v) is 8.77.